The van der Waals surface area contributed by atoms with Gasteiger partial charge in [0.25, 0.3) is 0 Å². The zero-order chi connectivity index (χ0) is 14.5. The molecule has 0 heterocycles. The molecule has 2 N–H and O–H groups in total. The first kappa shape index (κ1) is 15.5. The lowest BCUT2D eigenvalue weighted by atomic mass is 10.3. The Morgan fingerprint density at radius 2 is 1.95 bits per heavy atom. The van der Waals surface area contributed by atoms with Gasteiger partial charge in [-0.3, -0.25) is 4.79 Å². The van der Waals surface area contributed by atoms with Crippen LogP contribution in [0.15, 0.2) is 29.2 Å². The van der Waals surface area contributed by atoms with Gasteiger partial charge >= 0.3 is 5.97 Å². The molecule has 0 aliphatic rings. The maximum Gasteiger partial charge on any atom is 0.304 e. The molecule has 19 heavy (non-hydrogen) atoms. The lowest BCUT2D eigenvalue weighted by molar-refractivity contribution is -0.137. The Morgan fingerprint density at radius 1 is 1.37 bits per heavy atom. The predicted octanol–water partition coefficient (Wildman–Crippen LogP) is 1.23. The van der Waals surface area contributed by atoms with E-state index in [9.17, 15) is 13.2 Å². The molecular formula is C12H17NO5S. The number of sulfonamides is 1. The van der Waals surface area contributed by atoms with E-state index in [0.29, 0.717) is 12.4 Å². The van der Waals surface area contributed by atoms with Crippen LogP contribution in [0.5, 0.6) is 5.75 Å². The minimum absolute atomic E-state index is 0.0770. The first-order valence-corrected chi connectivity index (χ1v) is 7.30. The molecule has 0 radical (unpaired) electrons. The van der Waals surface area contributed by atoms with Crippen LogP contribution in [0.1, 0.15) is 20.3 Å². The highest BCUT2D eigenvalue weighted by molar-refractivity contribution is 7.89. The van der Waals surface area contributed by atoms with Crippen molar-refractivity contribution in [3.63, 3.8) is 0 Å². The van der Waals surface area contributed by atoms with E-state index < -0.39 is 22.0 Å². The molecule has 0 spiro atoms. The Hall–Kier alpha value is -1.60. The van der Waals surface area contributed by atoms with Crippen LogP contribution in [0.25, 0.3) is 0 Å². The number of benzene rings is 1. The van der Waals surface area contributed by atoms with Crippen molar-refractivity contribution in [3.05, 3.63) is 24.3 Å². The first-order chi connectivity index (χ1) is 8.85. The third kappa shape index (κ3) is 4.88. The molecule has 1 rings (SSSR count). The fourth-order valence-electron chi connectivity index (χ4n) is 1.52. The summed E-state index contributed by atoms with van der Waals surface area (Å²) in [6.45, 7) is 3.83. The van der Waals surface area contributed by atoms with Crippen molar-refractivity contribution in [1.29, 1.82) is 0 Å². The van der Waals surface area contributed by atoms with Crippen molar-refractivity contribution >= 4 is 16.0 Å². The van der Waals surface area contributed by atoms with Crippen LogP contribution in [0.3, 0.4) is 0 Å². The summed E-state index contributed by atoms with van der Waals surface area (Å²) in [7, 11) is -3.71. The number of nitrogens with one attached hydrogen (secondary N) is 1. The summed E-state index contributed by atoms with van der Waals surface area (Å²) >= 11 is 0. The number of carboxylic acids is 1. The number of rotatable bonds is 7. The van der Waals surface area contributed by atoms with E-state index in [-0.39, 0.29) is 11.3 Å². The van der Waals surface area contributed by atoms with E-state index >= 15 is 0 Å². The molecule has 0 saturated heterocycles. The Bertz CT molecular complexity index is 524. The molecule has 7 heteroatoms. The fourth-order valence-corrected chi connectivity index (χ4v) is 2.76. The topological polar surface area (TPSA) is 92.7 Å². The van der Waals surface area contributed by atoms with Gasteiger partial charge in [0.1, 0.15) is 5.75 Å². The molecule has 6 nitrogen and oxygen atoms in total. The van der Waals surface area contributed by atoms with E-state index in [2.05, 4.69) is 4.72 Å². The van der Waals surface area contributed by atoms with E-state index in [1.54, 1.807) is 12.1 Å². The number of hydrogen-bond acceptors (Lipinski definition) is 4. The molecule has 0 fully saturated rings. The van der Waals surface area contributed by atoms with E-state index in [0.717, 1.165) is 0 Å². The standard InChI is InChI=1S/C12H17NO5S/c1-3-18-10-4-6-11(7-5-10)19(16,17)13-9(2)8-12(14)15/h4-7,9,13H,3,8H2,1-2H3,(H,14,15). The molecule has 0 bridgehead atoms. The van der Waals surface area contributed by atoms with Gasteiger partial charge in [-0.15, -0.1) is 0 Å². The van der Waals surface area contributed by atoms with Crippen molar-refractivity contribution in [2.45, 2.75) is 31.2 Å². The zero-order valence-electron chi connectivity index (χ0n) is 10.8. The van der Waals surface area contributed by atoms with Crippen LogP contribution in [0, 0.1) is 0 Å². The molecule has 0 amide bonds. The normalized spacial score (nSPS) is 12.9. The number of carboxylic acid groups (broad SMARTS) is 1. The van der Waals surface area contributed by atoms with Gasteiger partial charge in [0.2, 0.25) is 10.0 Å². The van der Waals surface area contributed by atoms with Crippen LogP contribution >= 0.6 is 0 Å². The van der Waals surface area contributed by atoms with Gasteiger partial charge in [0.15, 0.2) is 0 Å². The fraction of sp³-hybridized carbons (Fsp3) is 0.417. The molecule has 1 aromatic rings. The second kappa shape index (κ2) is 6.53. The zero-order valence-corrected chi connectivity index (χ0v) is 11.6. The molecule has 0 aliphatic heterocycles. The molecule has 0 saturated carbocycles. The highest BCUT2D eigenvalue weighted by Crippen LogP contribution is 2.16. The lowest BCUT2D eigenvalue weighted by Gasteiger charge is -2.12. The van der Waals surface area contributed by atoms with E-state index in [1.807, 2.05) is 6.92 Å². The van der Waals surface area contributed by atoms with Crippen molar-refractivity contribution in [2.75, 3.05) is 6.61 Å². The molecule has 1 atom stereocenters. The van der Waals surface area contributed by atoms with E-state index in [1.165, 1.54) is 19.1 Å². The van der Waals surface area contributed by atoms with Gasteiger partial charge in [-0.1, -0.05) is 0 Å². The van der Waals surface area contributed by atoms with Crippen LogP contribution in [-0.4, -0.2) is 32.1 Å². The average Bonchev–Trinajstić information content (AvgIpc) is 2.28. The highest BCUT2D eigenvalue weighted by Gasteiger charge is 2.18. The maximum atomic E-state index is 11.9. The van der Waals surface area contributed by atoms with Gasteiger partial charge in [-0.25, -0.2) is 13.1 Å². The second-order valence-electron chi connectivity index (χ2n) is 4.02. The molecule has 0 aromatic heterocycles. The van der Waals surface area contributed by atoms with Gasteiger partial charge < -0.3 is 9.84 Å². The summed E-state index contributed by atoms with van der Waals surface area (Å²) in [5.41, 5.74) is 0. The summed E-state index contributed by atoms with van der Waals surface area (Å²) in [4.78, 5) is 10.6. The Morgan fingerprint density at radius 3 is 2.42 bits per heavy atom. The number of hydrogen-bond donors (Lipinski definition) is 2. The SMILES string of the molecule is CCOc1ccc(S(=O)(=O)NC(C)CC(=O)O)cc1. The molecule has 1 aromatic carbocycles. The molecule has 106 valence electrons. The summed E-state index contributed by atoms with van der Waals surface area (Å²) < 4.78 is 31.4. The third-order valence-corrected chi connectivity index (χ3v) is 3.89. The third-order valence-electron chi connectivity index (χ3n) is 2.28. The maximum absolute atomic E-state index is 11.9. The Kier molecular flexibility index (Phi) is 5.31. The second-order valence-corrected chi connectivity index (χ2v) is 5.74. The largest absolute Gasteiger partial charge is 0.494 e. The minimum Gasteiger partial charge on any atom is -0.494 e. The number of ether oxygens (including phenoxy) is 1. The quantitative estimate of drug-likeness (QED) is 0.786. The molecular weight excluding hydrogens is 270 g/mol. The van der Waals surface area contributed by atoms with Gasteiger partial charge in [-0.2, -0.15) is 0 Å². The van der Waals surface area contributed by atoms with Crippen LogP contribution in [0.4, 0.5) is 0 Å². The summed E-state index contributed by atoms with van der Waals surface area (Å²) in [6.07, 6.45) is -0.268. The monoisotopic (exact) mass is 287 g/mol. The highest BCUT2D eigenvalue weighted by atomic mass is 32.2. The van der Waals surface area contributed by atoms with Crippen LogP contribution in [0.2, 0.25) is 0 Å². The predicted molar refractivity (Wildman–Crippen MR) is 69.6 cm³/mol. The molecule has 1 unspecified atom stereocenters. The summed E-state index contributed by atoms with van der Waals surface area (Å²) in [6, 6.07) is 5.27. The number of carbonyl (C=O) groups is 1. The number of aliphatic carboxylic acids is 1. The Labute approximate surface area is 112 Å². The van der Waals surface area contributed by atoms with Gasteiger partial charge in [0.05, 0.1) is 17.9 Å². The van der Waals surface area contributed by atoms with Crippen LogP contribution in [-0.2, 0) is 14.8 Å². The average molecular weight is 287 g/mol. The van der Waals surface area contributed by atoms with Crippen molar-refractivity contribution < 1.29 is 23.1 Å². The summed E-state index contributed by atoms with van der Waals surface area (Å²) in [5.74, 6) is -0.470. The first-order valence-electron chi connectivity index (χ1n) is 5.82. The lowest BCUT2D eigenvalue weighted by Crippen LogP contribution is -2.34. The summed E-state index contributed by atoms with van der Waals surface area (Å²) in [5, 5.41) is 8.60. The minimum atomic E-state index is -3.71. The molecule has 0 aliphatic carbocycles. The van der Waals surface area contributed by atoms with Crippen molar-refractivity contribution in [2.24, 2.45) is 0 Å². The smallest absolute Gasteiger partial charge is 0.304 e. The Balaban J connectivity index is 2.79. The van der Waals surface area contributed by atoms with Gasteiger partial charge in [-0.05, 0) is 38.1 Å². The van der Waals surface area contributed by atoms with Gasteiger partial charge in [0, 0.05) is 6.04 Å². The van der Waals surface area contributed by atoms with E-state index in [4.69, 9.17) is 9.84 Å². The van der Waals surface area contributed by atoms with Crippen LogP contribution < -0.4 is 9.46 Å². The van der Waals surface area contributed by atoms with Crippen molar-refractivity contribution in [3.8, 4) is 5.75 Å². The van der Waals surface area contributed by atoms with Crippen molar-refractivity contribution in [1.82, 2.24) is 4.72 Å².